The van der Waals surface area contributed by atoms with Crippen molar-refractivity contribution in [1.82, 2.24) is 10.3 Å². The Morgan fingerprint density at radius 3 is 2.61 bits per heavy atom. The first kappa shape index (κ1) is 20.6. The van der Waals surface area contributed by atoms with Gasteiger partial charge in [-0.25, -0.2) is 4.98 Å². The Balaban J connectivity index is 1.56. The zero-order chi connectivity index (χ0) is 20.1. The number of nitrogens with one attached hydrogen (secondary N) is 1. The molecule has 5 heteroatoms. The van der Waals surface area contributed by atoms with Crippen molar-refractivity contribution in [3.63, 3.8) is 0 Å². The molecule has 0 unspecified atom stereocenters. The smallest absolute Gasteiger partial charge is 0.304 e. The molecule has 1 aromatic carbocycles. The van der Waals surface area contributed by atoms with Crippen molar-refractivity contribution in [2.75, 3.05) is 6.54 Å². The summed E-state index contributed by atoms with van der Waals surface area (Å²) in [6.45, 7) is 8.12. The minimum Gasteiger partial charge on any atom is -0.481 e. The third-order valence-corrected chi connectivity index (χ3v) is 5.76. The molecule has 1 saturated carbocycles. The summed E-state index contributed by atoms with van der Waals surface area (Å²) in [7, 11) is 0. The van der Waals surface area contributed by atoms with Gasteiger partial charge in [0.05, 0.1) is 11.9 Å². The van der Waals surface area contributed by atoms with E-state index in [1.54, 1.807) is 0 Å². The van der Waals surface area contributed by atoms with Gasteiger partial charge < -0.3 is 15.2 Å². The Morgan fingerprint density at radius 2 is 1.93 bits per heavy atom. The zero-order valence-corrected chi connectivity index (χ0v) is 17.2. The van der Waals surface area contributed by atoms with E-state index in [0.717, 1.165) is 35.2 Å². The van der Waals surface area contributed by atoms with Crippen LogP contribution in [0.1, 0.15) is 58.4 Å². The van der Waals surface area contributed by atoms with Crippen LogP contribution in [0.2, 0.25) is 0 Å². The van der Waals surface area contributed by atoms with Crippen molar-refractivity contribution in [1.29, 1.82) is 0 Å². The maximum absolute atomic E-state index is 10.6. The fourth-order valence-electron chi connectivity index (χ4n) is 3.98. The molecular formula is C23H32N2O3. The highest BCUT2D eigenvalue weighted by Gasteiger charge is 2.30. The van der Waals surface area contributed by atoms with Gasteiger partial charge in [-0.2, -0.15) is 0 Å². The van der Waals surface area contributed by atoms with Crippen LogP contribution >= 0.6 is 0 Å². The maximum Gasteiger partial charge on any atom is 0.304 e. The number of carboxylic acids is 1. The molecule has 1 aliphatic rings. The van der Waals surface area contributed by atoms with Gasteiger partial charge in [0.2, 0.25) is 5.88 Å². The van der Waals surface area contributed by atoms with E-state index in [-0.39, 0.29) is 12.5 Å². The number of hydrogen-bond acceptors (Lipinski definition) is 4. The third kappa shape index (κ3) is 5.68. The molecule has 5 nitrogen and oxygen atoms in total. The van der Waals surface area contributed by atoms with E-state index >= 15 is 0 Å². The van der Waals surface area contributed by atoms with Gasteiger partial charge in [-0.15, -0.1) is 0 Å². The Hall–Kier alpha value is -2.14. The fourth-order valence-corrected chi connectivity index (χ4v) is 3.98. The maximum atomic E-state index is 10.6. The number of benzene rings is 1. The molecule has 0 bridgehead atoms. The molecule has 0 aliphatic heterocycles. The summed E-state index contributed by atoms with van der Waals surface area (Å²) >= 11 is 0. The number of hydrogen-bond donors (Lipinski definition) is 2. The van der Waals surface area contributed by atoms with Crippen LogP contribution in [0.25, 0.3) is 10.9 Å². The van der Waals surface area contributed by atoms with Gasteiger partial charge in [-0.3, -0.25) is 4.79 Å². The van der Waals surface area contributed by atoms with Crippen molar-refractivity contribution < 1.29 is 14.6 Å². The number of aromatic nitrogens is 1. The summed E-state index contributed by atoms with van der Waals surface area (Å²) in [5.74, 6) is 0.702. The highest BCUT2D eigenvalue weighted by molar-refractivity contribution is 5.79. The molecule has 1 heterocycles. The van der Waals surface area contributed by atoms with Gasteiger partial charge in [-0.1, -0.05) is 26.8 Å². The van der Waals surface area contributed by atoms with E-state index in [9.17, 15) is 4.79 Å². The van der Waals surface area contributed by atoms with Gasteiger partial charge >= 0.3 is 5.97 Å². The number of nitrogens with zero attached hydrogens (tertiary/aromatic N) is 1. The SMILES string of the molecule is CC(C)(C)C1CCC(Oc2ccc3cc(CNCCC(=O)O)ccc3n2)CC1. The van der Waals surface area contributed by atoms with Crippen molar-refractivity contribution >= 4 is 16.9 Å². The molecule has 1 aliphatic carbocycles. The number of carbonyl (C=O) groups is 1. The van der Waals surface area contributed by atoms with E-state index in [2.05, 4.69) is 43.2 Å². The fraction of sp³-hybridized carbons (Fsp3) is 0.565. The Morgan fingerprint density at radius 1 is 1.18 bits per heavy atom. The zero-order valence-electron chi connectivity index (χ0n) is 17.2. The quantitative estimate of drug-likeness (QED) is 0.672. The normalized spacial score (nSPS) is 20.2. The van der Waals surface area contributed by atoms with Crippen molar-refractivity contribution in [3.8, 4) is 5.88 Å². The first-order chi connectivity index (χ1) is 13.3. The molecule has 3 rings (SSSR count). The van der Waals surface area contributed by atoms with Gasteiger partial charge in [0.1, 0.15) is 6.10 Å². The monoisotopic (exact) mass is 384 g/mol. The van der Waals surface area contributed by atoms with Crippen LogP contribution in [0, 0.1) is 11.3 Å². The highest BCUT2D eigenvalue weighted by atomic mass is 16.5. The highest BCUT2D eigenvalue weighted by Crippen LogP contribution is 2.38. The molecular weight excluding hydrogens is 352 g/mol. The van der Waals surface area contributed by atoms with E-state index in [0.29, 0.717) is 24.4 Å². The molecule has 1 fully saturated rings. The Bertz CT molecular complexity index is 805. The molecule has 152 valence electrons. The van der Waals surface area contributed by atoms with Gasteiger partial charge in [-0.05, 0) is 60.8 Å². The molecule has 1 aromatic heterocycles. The lowest BCUT2D eigenvalue weighted by Gasteiger charge is -2.36. The molecule has 0 amide bonds. The summed E-state index contributed by atoms with van der Waals surface area (Å²) < 4.78 is 6.18. The molecule has 0 atom stereocenters. The third-order valence-electron chi connectivity index (χ3n) is 5.76. The average Bonchev–Trinajstić information content (AvgIpc) is 2.65. The molecule has 0 spiro atoms. The van der Waals surface area contributed by atoms with Crippen LogP contribution in [0.5, 0.6) is 5.88 Å². The second-order valence-corrected chi connectivity index (χ2v) is 8.95. The van der Waals surface area contributed by atoms with Gasteiger partial charge in [0.15, 0.2) is 0 Å². The number of fused-ring (bicyclic) bond motifs is 1. The largest absolute Gasteiger partial charge is 0.481 e. The Labute approximate surface area is 167 Å². The van der Waals surface area contributed by atoms with Crippen LogP contribution in [0.3, 0.4) is 0 Å². The molecule has 0 saturated heterocycles. The average molecular weight is 385 g/mol. The second kappa shape index (κ2) is 8.91. The van der Waals surface area contributed by atoms with Crippen LogP contribution < -0.4 is 10.1 Å². The number of pyridine rings is 1. The van der Waals surface area contributed by atoms with Gasteiger partial charge in [0.25, 0.3) is 0 Å². The van der Waals surface area contributed by atoms with Crippen molar-refractivity contribution in [2.24, 2.45) is 11.3 Å². The van der Waals surface area contributed by atoms with E-state index < -0.39 is 5.97 Å². The van der Waals surface area contributed by atoms with Crippen LogP contribution in [0.4, 0.5) is 0 Å². The first-order valence-corrected chi connectivity index (χ1v) is 10.3. The predicted octanol–water partition coefficient (Wildman–Crippen LogP) is 4.78. The van der Waals surface area contributed by atoms with Crippen LogP contribution in [0.15, 0.2) is 30.3 Å². The minimum atomic E-state index is -0.783. The first-order valence-electron chi connectivity index (χ1n) is 10.3. The molecule has 28 heavy (non-hydrogen) atoms. The molecule has 2 N–H and O–H groups in total. The number of rotatable bonds is 7. The minimum absolute atomic E-state index is 0.132. The lowest BCUT2D eigenvalue weighted by molar-refractivity contribution is -0.136. The topological polar surface area (TPSA) is 71.5 Å². The predicted molar refractivity (Wildman–Crippen MR) is 112 cm³/mol. The van der Waals surface area contributed by atoms with E-state index in [1.165, 1.54) is 12.8 Å². The molecule has 2 aromatic rings. The summed E-state index contributed by atoms with van der Waals surface area (Å²) in [6.07, 6.45) is 5.04. The second-order valence-electron chi connectivity index (χ2n) is 8.95. The standard InChI is InChI=1S/C23H32N2O3/c1-23(2,3)18-6-8-19(9-7-18)28-21-11-5-17-14-16(4-10-20(17)25-21)15-24-13-12-22(26)27/h4-5,10-11,14,18-19,24H,6-9,12-13,15H2,1-3H3,(H,26,27). The van der Waals surface area contributed by atoms with Crippen molar-refractivity contribution in [2.45, 2.75) is 65.5 Å². The lowest BCUT2D eigenvalue weighted by Crippen LogP contribution is -2.30. The summed E-state index contributed by atoms with van der Waals surface area (Å²) in [4.78, 5) is 15.2. The molecule has 0 radical (unpaired) electrons. The number of carboxylic acid groups (broad SMARTS) is 1. The summed E-state index contributed by atoms with van der Waals surface area (Å²) in [5, 5.41) is 12.9. The van der Waals surface area contributed by atoms with Crippen molar-refractivity contribution in [3.05, 3.63) is 35.9 Å². The number of aliphatic carboxylic acids is 1. The lowest BCUT2D eigenvalue weighted by atomic mass is 9.72. The summed E-state index contributed by atoms with van der Waals surface area (Å²) in [6, 6.07) is 10.1. The Kier molecular flexibility index (Phi) is 6.55. The van der Waals surface area contributed by atoms with Crippen LogP contribution in [-0.2, 0) is 11.3 Å². The van der Waals surface area contributed by atoms with Gasteiger partial charge in [0, 0.05) is 24.5 Å². The van der Waals surface area contributed by atoms with E-state index in [1.807, 2.05) is 18.2 Å². The van der Waals surface area contributed by atoms with E-state index in [4.69, 9.17) is 9.84 Å². The summed E-state index contributed by atoms with van der Waals surface area (Å²) in [5.41, 5.74) is 2.43. The van der Waals surface area contributed by atoms with Crippen LogP contribution in [-0.4, -0.2) is 28.7 Å². The number of ether oxygens (including phenoxy) is 1.